The first kappa shape index (κ1) is 24.2. The molecule has 1 rings (SSSR count). The summed E-state index contributed by atoms with van der Waals surface area (Å²) in [4.78, 5) is 24.6. The highest BCUT2D eigenvalue weighted by molar-refractivity contribution is 6.74. The van der Waals surface area contributed by atoms with Gasteiger partial charge in [-0.15, -0.1) is 0 Å². The Morgan fingerprint density at radius 2 is 1.75 bits per heavy atom. The summed E-state index contributed by atoms with van der Waals surface area (Å²) in [5.74, 6) is -0.495. The van der Waals surface area contributed by atoms with Crippen LogP contribution in [0.3, 0.4) is 0 Å². The number of esters is 1. The second-order valence-corrected chi connectivity index (χ2v) is 14.0. The van der Waals surface area contributed by atoms with Crippen LogP contribution in [0, 0.1) is 0 Å². The van der Waals surface area contributed by atoms with Crippen molar-refractivity contribution in [2.45, 2.75) is 78.7 Å². The number of nitrogens with zero attached hydrogens (tertiary/aromatic N) is 1. The summed E-state index contributed by atoms with van der Waals surface area (Å²) in [6, 6.07) is 1.67. The fraction of sp³-hybridized carbons (Fsp3) is 0.700. The Morgan fingerprint density at radius 3 is 2.25 bits per heavy atom. The van der Waals surface area contributed by atoms with Crippen molar-refractivity contribution in [3.8, 4) is 0 Å². The lowest BCUT2D eigenvalue weighted by Crippen LogP contribution is -2.41. The lowest BCUT2D eigenvalue weighted by atomic mass is 10.2. The first-order chi connectivity index (χ1) is 12.7. The van der Waals surface area contributed by atoms with E-state index in [2.05, 4.69) is 39.2 Å². The molecule has 1 amide bonds. The highest BCUT2D eigenvalue weighted by Gasteiger charge is 2.37. The molecule has 0 aliphatic carbocycles. The first-order valence-corrected chi connectivity index (χ1v) is 12.6. The highest BCUT2D eigenvalue weighted by Crippen LogP contribution is 2.36. The van der Waals surface area contributed by atoms with Gasteiger partial charge in [-0.2, -0.15) is 0 Å². The number of rotatable bonds is 7. The molecule has 0 aromatic carbocycles. The smallest absolute Gasteiger partial charge is 0.412 e. The van der Waals surface area contributed by atoms with Gasteiger partial charge < -0.3 is 18.5 Å². The van der Waals surface area contributed by atoms with Crippen LogP contribution in [-0.2, 0) is 20.4 Å². The van der Waals surface area contributed by atoms with Crippen LogP contribution in [0.5, 0.6) is 0 Å². The Hall–Kier alpha value is -1.80. The van der Waals surface area contributed by atoms with E-state index < -0.39 is 26.0 Å². The zero-order valence-electron chi connectivity index (χ0n) is 18.8. The lowest BCUT2D eigenvalue weighted by molar-refractivity contribution is 0.0514. The minimum absolute atomic E-state index is 0.108. The average Bonchev–Trinajstić information content (AvgIpc) is 2.86. The molecule has 1 aromatic rings. The second-order valence-electron chi connectivity index (χ2n) is 9.23. The van der Waals surface area contributed by atoms with Crippen LogP contribution in [0.15, 0.2) is 12.3 Å². The van der Waals surface area contributed by atoms with Gasteiger partial charge in [0.05, 0.1) is 18.9 Å². The molecule has 160 valence electrons. The standard InChI is InChI=1S/C20H36N2O5Si/c1-10-25-17(23)16-15(21-18(24)27-19(2,3)4)11-12-22(16)13-14-26-28(8,9)20(5,6)7/h11-12H,10,13-14H2,1-9H3,(H,21,24). The molecule has 0 aliphatic heterocycles. The molecule has 8 heteroatoms. The molecule has 0 bridgehead atoms. The average molecular weight is 413 g/mol. The third kappa shape index (κ3) is 6.98. The topological polar surface area (TPSA) is 78.8 Å². The van der Waals surface area contributed by atoms with Crippen molar-refractivity contribution in [2.75, 3.05) is 18.5 Å². The number of amides is 1. The molecule has 28 heavy (non-hydrogen) atoms. The molecule has 7 nitrogen and oxygen atoms in total. The van der Waals surface area contributed by atoms with Gasteiger partial charge in [-0.05, 0) is 51.9 Å². The van der Waals surface area contributed by atoms with E-state index in [-0.39, 0.29) is 17.3 Å². The van der Waals surface area contributed by atoms with Crippen LogP contribution in [0.1, 0.15) is 59.0 Å². The zero-order valence-corrected chi connectivity index (χ0v) is 19.8. The summed E-state index contributed by atoms with van der Waals surface area (Å²) in [5, 5.41) is 2.75. The Labute approximate surface area is 169 Å². The Kier molecular flexibility index (Phi) is 7.90. The number of nitrogens with one attached hydrogen (secondary N) is 1. The number of hydrogen-bond donors (Lipinski definition) is 1. The summed E-state index contributed by atoms with van der Waals surface area (Å²) in [5.41, 5.74) is 0.0138. The summed E-state index contributed by atoms with van der Waals surface area (Å²) < 4.78 is 18.4. The Balaban J connectivity index is 2.96. The minimum Gasteiger partial charge on any atom is -0.461 e. The normalized spacial score (nSPS) is 12.6. The fourth-order valence-corrected chi connectivity index (χ4v) is 3.25. The SMILES string of the molecule is CCOC(=O)c1c(NC(=O)OC(C)(C)C)ccn1CCO[Si](C)(C)C(C)(C)C. The second kappa shape index (κ2) is 9.13. The fourth-order valence-electron chi connectivity index (χ4n) is 2.22. The van der Waals surface area contributed by atoms with E-state index in [1.54, 1.807) is 44.5 Å². The van der Waals surface area contributed by atoms with Gasteiger partial charge in [-0.3, -0.25) is 5.32 Å². The van der Waals surface area contributed by atoms with Gasteiger partial charge in [0.15, 0.2) is 14.0 Å². The third-order valence-corrected chi connectivity index (χ3v) is 9.21. The van der Waals surface area contributed by atoms with Crippen molar-refractivity contribution < 1.29 is 23.5 Å². The maximum Gasteiger partial charge on any atom is 0.412 e. The van der Waals surface area contributed by atoms with Crippen molar-refractivity contribution in [1.82, 2.24) is 4.57 Å². The van der Waals surface area contributed by atoms with Crippen LogP contribution in [0.25, 0.3) is 0 Å². The van der Waals surface area contributed by atoms with E-state index in [1.807, 2.05) is 0 Å². The van der Waals surface area contributed by atoms with Crippen molar-refractivity contribution in [1.29, 1.82) is 0 Å². The van der Waals surface area contributed by atoms with Crippen molar-refractivity contribution in [3.63, 3.8) is 0 Å². The van der Waals surface area contributed by atoms with Crippen LogP contribution in [0.4, 0.5) is 10.5 Å². The molecular formula is C20H36N2O5Si. The van der Waals surface area contributed by atoms with Gasteiger partial charge >= 0.3 is 12.1 Å². The first-order valence-electron chi connectivity index (χ1n) is 9.68. The van der Waals surface area contributed by atoms with E-state index in [1.165, 1.54) is 0 Å². The number of carbonyl (C=O) groups is 2. The summed E-state index contributed by atoms with van der Waals surface area (Å²) in [6.07, 6.45) is 1.13. The van der Waals surface area contributed by atoms with Crippen LogP contribution < -0.4 is 5.32 Å². The molecule has 0 spiro atoms. The Morgan fingerprint density at radius 1 is 1.14 bits per heavy atom. The van der Waals surface area contributed by atoms with E-state index in [0.717, 1.165) is 0 Å². The number of anilines is 1. The maximum absolute atomic E-state index is 12.5. The molecule has 1 aromatic heterocycles. The van der Waals surface area contributed by atoms with E-state index in [9.17, 15) is 9.59 Å². The van der Waals surface area contributed by atoms with Crippen molar-refractivity contribution in [2.24, 2.45) is 0 Å². The van der Waals surface area contributed by atoms with Gasteiger partial charge in [0.1, 0.15) is 5.60 Å². The van der Waals surface area contributed by atoms with Crippen molar-refractivity contribution >= 4 is 26.1 Å². The predicted molar refractivity (Wildman–Crippen MR) is 113 cm³/mol. The molecule has 0 aliphatic rings. The van der Waals surface area contributed by atoms with Gasteiger partial charge in [-0.25, -0.2) is 9.59 Å². The summed E-state index contributed by atoms with van der Waals surface area (Å²) in [6.45, 7) is 19.2. The van der Waals surface area contributed by atoms with Gasteiger partial charge in [0.25, 0.3) is 0 Å². The number of aromatic nitrogens is 1. The largest absolute Gasteiger partial charge is 0.461 e. The summed E-state index contributed by atoms with van der Waals surface area (Å²) in [7, 11) is -1.88. The van der Waals surface area contributed by atoms with E-state index in [0.29, 0.717) is 18.8 Å². The zero-order chi connectivity index (χ0) is 21.8. The maximum atomic E-state index is 12.5. The minimum atomic E-state index is -1.88. The molecule has 0 radical (unpaired) electrons. The molecule has 0 saturated heterocycles. The number of carbonyl (C=O) groups excluding carboxylic acids is 2. The van der Waals surface area contributed by atoms with E-state index >= 15 is 0 Å². The van der Waals surface area contributed by atoms with Crippen LogP contribution >= 0.6 is 0 Å². The van der Waals surface area contributed by atoms with Gasteiger partial charge in [0.2, 0.25) is 0 Å². The van der Waals surface area contributed by atoms with Gasteiger partial charge in [0, 0.05) is 12.7 Å². The van der Waals surface area contributed by atoms with Crippen LogP contribution in [0.2, 0.25) is 18.1 Å². The molecule has 0 atom stereocenters. The van der Waals surface area contributed by atoms with Gasteiger partial charge in [-0.1, -0.05) is 20.8 Å². The molecule has 0 saturated carbocycles. The molecule has 1 N–H and O–H groups in total. The lowest BCUT2D eigenvalue weighted by Gasteiger charge is -2.36. The highest BCUT2D eigenvalue weighted by atomic mass is 28.4. The summed E-state index contributed by atoms with van der Waals surface area (Å²) >= 11 is 0. The van der Waals surface area contributed by atoms with E-state index in [4.69, 9.17) is 13.9 Å². The predicted octanol–water partition coefficient (Wildman–Crippen LogP) is 5.03. The van der Waals surface area contributed by atoms with Crippen molar-refractivity contribution in [3.05, 3.63) is 18.0 Å². The quantitative estimate of drug-likeness (QED) is 0.502. The monoisotopic (exact) mass is 412 g/mol. The molecular weight excluding hydrogens is 376 g/mol. The van der Waals surface area contributed by atoms with Crippen LogP contribution in [-0.4, -0.2) is 43.8 Å². The molecule has 1 heterocycles. The number of ether oxygens (including phenoxy) is 2. The number of hydrogen-bond acceptors (Lipinski definition) is 5. The third-order valence-electron chi connectivity index (χ3n) is 4.67. The molecule has 0 unspecified atom stereocenters. The molecule has 0 fully saturated rings. The Bertz CT molecular complexity index is 684.